The SMILES string of the molecule is CN1C=CC(C2=Cc3ccccc3CC2)=NC1N1CCC(C2SC2N)CC1. The second kappa shape index (κ2) is 7.12. The van der Waals surface area contributed by atoms with Crippen LogP contribution in [0.1, 0.15) is 30.4 Å². The highest BCUT2D eigenvalue weighted by atomic mass is 32.2. The van der Waals surface area contributed by atoms with E-state index in [0.29, 0.717) is 10.6 Å². The minimum Gasteiger partial charge on any atom is -0.347 e. The Morgan fingerprint density at radius 2 is 1.93 bits per heavy atom. The summed E-state index contributed by atoms with van der Waals surface area (Å²) in [6.45, 7) is 2.24. The largest absolute Gasteiger partial charge is 0.347 e. The van der Waals surface area contributed by atoms with E-state index >= 15 is 0 Å². The fourth-order valence-corrected chi connectivity index (χ4v) is 5.67. The van der Waals surface area contributed by atoms with E-state index < -0.39 is 0 Å². The molecule has 142 valence electrons. The highest BCUT2D eigenvalue weighted by Crippen LogP contribution is 2.46. The van der Waals surface area contributed by atoms with Gasteiger partial charge in [0.2, 0.25) is 0 Å². The van der Waals surface area contributed by atoms with Gasteiger partial charge in [0.1, 0.15) is 0 Å². The number of aryl methyl sites for hydroxylation is 1. The summed E-state index contributed by atoms with van der Waals surface area (Å²) in [7, 11) is 2.14. The number of allylic oxidation sites excluding steroid dienone is 2. The van der Waals surface area contributed by atoms with Gasteiger partial charge in [-0.3, -0.25) is 4.90 Å². The van der Waals surface area contributed by atoms with Crippen molar-refractivity contribution in [3.05, 3.63) is 53.2 Å². The molecule has 2 fully saturated rings. The van der Waals surface area contributed by atoms with Gasteiger partial charge in [0.05, 0.1) is 11.1 Å². The number of rotatable bonds is 3. The zero-order valence-corrected chi connectivity index (χ0v) is 16.7. The van der Waals surface area contributed by atoms with Crippen LogP contribution < -0.4 is 5.73 Å². The monoisotopic (exact) mass is 380 g/mol. The summed E-state index contributed by atoms with van der Waals surface area (Å²) in [6, 6.07) is 8.72. The summed E-state index contributed by atoms with van der Waals surface area (Å²) >= 11 is 1.95. The van der Waals surface area contributed by atoms with Gasteiger partial charge in [0, 0.05) is 31.6 Å². The number of likely N-dealkylation sites (tertiary alicyclic amines) is 1. The third-order valence-corrected chi connectivity index (χ3v) is 7.68. The van der Waals surface area contributed by atoms with E-state index in [4.69, 9.17) is 10.7 Å². The van der Waals surface area contributed by atoms with Gasteiger partial charge in [-0.2, -0.15) is 0 Å². The van der Waals surface area contributed by atoms with Gasteiger partial charge in [-0.15, -0.1) is 11.8 Å². The van der Waals surface area contributed by atoms with E-state index in [1.807, 2.05) is 11.8 Å². The lowest BCUT2D eigenvalue weighted by Gasteiger charge is -2.40. The number of hydrogen-bond donors (Lipinski definition) is 1. The van der Waals surface area contributed by atoms with E-state index in [1.54, 1.807) is 0 Å². The maximum Gasteiger partial charge on any atom is 0.178 e. The first-order valence-electron chi connectivity index (χ1n) is 10.1. The van der Waals surface area contributed by atoms with Crippen molar-refractivity contribution < 1.29 is 0 Å². The zero-order valence-electron chi connectivity index (χ0n) is 15.9. The van der Waals surface area contributed by atoms with Crippen molar-refractivity contribution in [3.63, 3.8) is 0 Å². The average Bonchev–Trinajstić information content (AvgIpc) is 3.45. The Morgan fingerprint density at radius 1 is 1.15 bits per heavy atom. The standard InChI is InChI=1S/C22H28N4S/c1-25-11-10-19(18-7-6-15-4-2-3-5-17(15)14-18)24-22(25)26-12-8-16(9-13-26)20-21(23)27-20/h2-5,10-11,14,16,20-22H,6-9,12-13,23H2,1H3. The molecule has 0 aromatic heterocycles. The Labute approximate surface area is 166 Å². The number of hydrogen-bond acceptors (Lipinski definition) is 5. The van der Waals surface area contributed by atoms with Crippen LogP contribution in [0, 0.1) is 5.92 Å². The highest BCUT2D eigenvalue weighted by Gasteiger charge is 2.43. The summed E-state index contributed by atoms with van der Waals surface area (Å²) in [5, 5.41) is 1.11. The smallest absolute Gasteiger partial charge is 0.178 e. The second-order valence-corrected chi connectivity index (χ2v) is 9.51. The molecular formula is C22H28N4S. The quantitative estimate of drug-likeness (QED) is 0.817. The van der Waals surface area contributed by atoms with Crippen LogP contribution in [-0.2, 0) is 6.42 Å². The van der Waals surface area contributed by atoms with Crippen molar-refractivity contribution in [1.82, 2.24) is 9.80 Å². The predicted octanol–water partition coefficient (Wildman–Crippen LogP) is 3.31. The van der Waals surface area contributed by atoms with Crippen LogP contribution in [-0.4, -0.2) is 52.6 Å². The summed E-state index contributed by atoms with van der Waals surface area (Å²) in [4.78, 5) is 9.95. The van der Waals surface area contributed by atoms with Crippen LogP contribution in [0.25, 0.3) is 6.08 Å². The summed E-state index contributed by atoms with van der Waals surface area (Å²) in [5.74, 6) is 0.798. The van der Waals surface area contributed by atoms with Crippen LogP contribution in [0.15, 0.2) is 47.1 Å². The molecule has 3 atom stereocenters. The predicted molar refractivity (Wildman–Crippen MR) is 115 cm³/mol. The van der Waals surface area contributed by atoms with Crippen molar-refractivity contribution in [2.45, 2.75) is 42.6 Å². The Morgan fingerprint density at radius 3 is 2.70 bits per heavy atom. The van der Waals surface area contributed by atoms with Crippen LogP contribution in [0.4, 0.5) is 0 Å². The first kappa shape index (κ1) is 17.5. The van der Waals surface area contributed by atoms with Gasteiger partial charge in [-0.25, -0.2) is 4.99 Å². The molecule has 0 saturated carbocycles. The van der Waals surface area contributed by atoms with Gasteiger partial charge >= 0.3 is 0 Å². The summed E-state index contributed by atoms with van der Waals surface area (Å²) in [5.41, 5.74) is 11.4. The molecule has 0 amide bonds. The zero-order chi connectivity index (χ0) is 18.4. The van der Waals surface area contributed by atoms with Gasteiger partial charge in [0.15, 0.2) is 6.29 Å². The molecule has 0 bridgehead atoms. The topological polar surface area (TPSA) is 44.9 Å². The Kier molecular flexibility index (Phi) is 4.62. The number of nitrogens with zero attached hydrogens (tertiary/aromatic N) is 3. The van der Waals surface area contributed by atoms with E-state index in [1.165, 1.54) is 29.5 Å². The van der Waals surface area contributed by atoms with Gasteiger partial charge < -0.3 is 10.6 Å². The average molecular weight is 381 g/mol. The molecule has 2 saturated heterocycles. The maximum atomic E-state index is 6.04. The number of nitrogens with two attached hydrogens (primary N) is 1. The van der Waals surface area contributed by atoms with Gasteiger partial charge in [-0.05, 0) is 60.5 Å². The fourth-order valence-electron chi connectivity index (χ4n) is 4.68. The third kappa shape index (κ3) is 3.48. The number of aliphatic imine (C=N–C) groups is 1. The van der Waals surface area contributed by atoms with Crippen molar-refractivity contribution in [1.29, 1.82) is 0 Å². The first-order valence-corrected chi connectivity index (χ1v) is 11.1. The Bertz CT molecular complexity index is 806. The minimum atomic E-state index is 0.129. The molecule has 27 heavy (non-hydrogen) atoms. The molecule has 4 nitrogen and oxygen atoms in total. The molecule has 3 aliphatic heterocycles. The molecule has 1 aliphatic carbocycles. The van der Waals surface area contributed by atoms with E-state index in [-0.39, 0.29) is 6.29 Å². The maximum absolute atomic E-state index is 6.04. The lowest BCUT2D eigenvalue weighted by Crippen LogP contribution is -2.49. The second-order valence-electron chi connectivity index (χ2n) is 8.15. The normalized spacial score (nSPS) is 31.3. The van der Waals surface area contributed by atoms with Crippen molar-refractivity contribution >= 4 is 23.5 Å². The minimum absolute atomic E-state index is 0.129. The lowest BCUT2D eigenvalue weighted by atomic mass is 9.89. The lowest BCUT2D eigenvalue weighted by molar-refractivity contribution is 0.0632. The van der Waals surface area contributed by atoms with E-state index in [9.17, 15) is 0 Å². The Hall–Kier alpha value is -1.56. The fraction of sp³-hybridized carbons (Fsp3) is 0.500. The van der Waals surface area contributed by atoms with Crippen molar-refractivity contribution in [2.24, 2.45) is 16.6 Å². The molecule has 1 aromatic carbocycles. The molecule has 0 spiro atoms. The van der Waals surface area contributed by atoms with Gasteiger partial charge in [0.25, 0.3) is 0 Å². The summed E-state index contributed by atoms with van der Waals surface area (Å²) in [6.07, 6.45) is 11.5. The molecule has 2 N–H and O–H groups in total. The van der Waals surface area contributed by atoms with E-state index in [2.05, 4.69) is 59.5 Å². The van der Waals surface area contributed by atoms with Crippen LogP contribution >= 0.6 is 11.8 Å². The van der Waals surface area contributed by atoms with Crippen LogP contribution in [0.3, 0.4) is 0 Å². The number of fused-ring (bicyclic) bond motifs is 1. The molecule has 3 unspecified atom stereocenters. The number of piperidine rings is 1. The van der Waals surface area contributed by atoms with Crippen LogP contribution in [0.2, 0.25) is 0 Å². The molecule has 3 heterocycles. The molecule has 5 rings (SSSR count). The molecular weight excluding hydrogens is 352 g/mol. The first-order chi connectivity index (χ1) is 13.2. The van der Waals surface area contributed by atoms with Gasteiger partial charge in [-0.1, -0.05) is 24.3 Å². The number of benzene rings is 1. The molecule has 5 heteroatoms. The molecule has 0 radical (unpaired) electrons. The van der Waals surface area contributed by atoms with Crippen LogP contribution in [0.5, 0.6) is 0 Å². The summed E-state index contributed by atoms with van der Waals surface area (Å²) < 4.78 is 0. The number of thioether (sulfide) groups is 1. The van der Waals surface area contributed by atoms with E-state index in [0.717, 1.165) is 37.6 Å². The van der Waals surface area contributed by atoms with Crippen molar-refractivity contribution in [3.8, 4) is 0 Å². The Balaban J connectivity index is 1.32. The highest BCUT2D eigenvalue weighted by molar-refractivity contribution is 8.07. The molecule has 4 aliphatic rings. The third-order valence-electron chi connectivity index (χ3n) is 6.39. The van der Waals surface area contributed by atoms with Crippen molar-refractivity contribution in [2.75, 3.05) is 20.1 Å². The molecule has 1 aromatic rings.